The third-order valence-electron chi connectivity index (χ3n) is 2.42. The molecule has 0 radical (unpaired) electrons. The van der Waals surface area contributed by atoms with Gasteiger partial charge < -0.3 is 14.6 Å². The number of rotatable bonds is 5. The van der Waals surface area contributed by atoms with E-state index in [0.29, 0.717) is 22.6 Å². The molecule has 0 spiro atoms. The van der Waals surface area contributed by atoms with Gasteiger partial charge in [0.1, 0.15) is 6.17 Å². The van der Waals surface area contributed by atoms with E-state index in [0.717, 1.165) is 0 Å². The van der Waals surface area contributed by atoms with Crippen molar-refractivity contribution >= 4 is 5.97 Å². The first-order chi connectivity index (χ1) is 7.99. The Bertz CT molecular complexity index is 415. The molecule has 0 saturated carbocycles. The lowest BCUT2D eigenvalue weighted by atomic mass is 10.0. The molecule has 0 aromatic heterocycles. The van der Waals surface area contributed by atoms with E-state index in [1.807, 2.05) is 0 Å². The van der Waals surface area contributed by atoms with E-state index in [1.54, 1.807) is 0 Å². The summed E-state index contributed by atoms with van der Waals surface area (Å²) in [6.07, 6.45) is -1.51. The van der Waals surface area contributed by atoms with Crippen molar-refractivity contribution in [2.24, 2.45) is 0 Å². The third kappa shape index (κ3) is 3.09. The average Bonchev–Trinajstić information content (AvgIpc) is 2.27. The Morgan fingerprint density at radius 3 is 2.29 bits per heavy atom. The molecule has 0 heterocycles. The molecule has 1 unspecified atom stereocenters. The number of hydrogen-bond donors (Lipinski definition) is 1. The summed E-state index contributed by atoms with van der Waals surface area (Å²) < 4.78 is 23.5. The molecule has 0 saturated heterocycles. The van der Waals surface area contributed by atoms with Crippen LogP contribution in [0.25, 0.3) is 0 Å². The van der Waals surface area contributed by atoms with Crippen molar-refractivity contribution in [3.63, 3.8) is 0 Å². The Morgan fingerprint density at radius 1 is 1.35 bits per heavy atom. The summed E-state index contributed by atoms with van der Waals surface area (Å²) in [6, 6.07) is 2.97. The summed E-state index contributed by atoms with van der Waals surface area (Å²) in [7, 11) is 2.89. The van der Waals surface area contributed by atoms with Crippen LogP contribution in [0.5, 0.6) is 11.5 Å². The molecule has 0 aliphatic carbocycles. The maximum absolute atomic E-state index is 13.4. The van der Waals surface area contributed by atoms with Crippen LogP contribution >= 0.6 is 0 Å². The molecule has 17 heavy (non-hydrogen) atoms. The second kappa shape index (κ2) is 5.52. The largest absolute Gasteiger partial charge is 0.493 e. The molecule has 5 heteroatoms. The summed E-state index contributed by atoms with van der Waals surface area (Å²) in [6.45, 7) is 1.35. The number of ether oxygens (including phenoxy) is 2. The van der Waals surface area contributed by atoms with Gasteiger partial charge in [-0.25, -0.2) is 4.39 Å². The lowest BCUT2D eigenvalue weighted by Crippen LogP contribution is -2.06. The average molecular weight is 242 g/mol. The Kier molecular flexibility index (Phi) is 4.31. The quantitative estimate of drug-likeness (QED) is 0.861. The SMILES string of the molecule is COc1cc(CC(=O)O)c(C(C)F)cc1OC. The van der Waals surface area contributed by atoms with Crippen LogP contribution in [0.15, 0.2) is 12.1 Å². The molecule has 1 N–H and O–H groups in total. The number of carbonyl (C=O) groups is 1. The lowest BCUT2D eigenvalue weighted by Gasteiger charge is -2.14. The van der Waals surface area contributed by atoms with Crippen LogP contribution in [0.3, 0.4) is 0 Å². The van der Waals surface area contributed by atoms with Gasteiger partial charge in [-0.15, -0.1) is 0 Å². The predicted octanol–water partition coefficient (Wildman–Crippen LogP) is 2.36. The van der Waals surface area contributed by atoms with Crippen molar-refractivity contribution in [3.8, 4) is 11.5 Å². The molecule has 4 nitrogen and oxygen atoms in total. The van der Waals surface area contributed by atoms with E-state index in [-0.39, 0.29) is 6.42 Å². The molecule has 0 aliphatic rings. The number of alkyl halides is 1. The maximum atomic E-state index is 13.4. The van der Waals surface area contributed by atoms with Gasteiger partial charge in [-0.1, -0.05) is 0 Å². The van der Waals surface area contributed by atoms with Gasteiger partial charge >= 0.3 is 5.97 Å². The van der Waals surface area contributed by atoms with Crippen molar-refractivity contribution in [3.05, 3.63) is 23.3 Å². The van der Waals surface area contributed by atoms with Crippen molar-refractivity contribution in [2.45, 2.75) is 19.5 Å². The van der Waals surface area contributed by atoms with Crippen LogP contribution < -0.4 is 9.47 Å². The molecular formula is C12H15FO4. The Labute approximate surface area is 99.0 Å². The molecule has 0 aliphatic heterocycles. The Hall–Kier alpha value is -1.78. The van der Waals surface area contributed by atoms with Gasteiger partial charge in [-0.3, -0.25) is 4.79 Å². The molecule has 1 atom stereocenters. The van der Waals surface area contributed by atoms with Gasteiger partial charge in [0.2, 0.25) is 0 Å². The topological polar surface area (TPSA) is 55.8 Å². The van der Waals surface area contributed by atoms with Crippen LogP contribution in [0, 0.1) is 0 Å². The molecule has 0 bridgehead atoms. The number of benzene rings is 1. The van der Waals surface area contributed by atoms with Gasteiger partial charge in [0.05, 0.1) is 20.6 Å². The van der Waals surface area contributed by atoms with Crippen LogP contribution in [0.1, 0.15) is 24.2 Å². The van der Waals surface area contributed by atoms with Gasteiger partial charge in [-0.05, 0) is 30.2 Å². The van der Waals surface area contributed by atoms with Crippen LogP contribution in [-0.2, 0) is 11.2 Å². The highest BCUT2D eigenvalue weighted by Crippen LogP contribution is 2.34. The number of carboxylic acids is 1. The smallest absolute Gasteiger partial charge is 0.307 e. The van der Waals surface area contributed by atoms with Crippen molar-refractivity contribution in [2.75, 3.05) is 14.2 Å². The van der Waals surface area contributed by atoms with Gasteiger partial charge in [-0.2, -0.15) is 0 Å². The minimum Gasteiger partial charge on any atom is -0.493 e. The number of halogens is 1. The predicted molar refractivity (Wildman–Crippen MR) is 60.4 cm³/mol. The van der Waals surface area contributed by atoms with E-state index >= 15 is 0 Å². The van der Waals surface area contributed by atoms with Gasteiger partial charge in [0, 0.05) is 0 Å². The summed E-state index contributed by atoms with van der Waals surface area (Å²) in [5.74, 6) is -0.228. The molecule has 0 fully saturated rings. The Balaban J connectivity index is 3.29. The second-order valence-corrected chi connectivity index (χ2v) is 3.59. The zero-order chi connectivity index (χ0) is 13.0. The summed E-state index contributed by atoms with van der Waals surface area (Å²) in [5.41, 5.74) is 0.704. The number of aliphatic carboxylic acids is 1. The molecule has 0 amide bonds. The number of hydrogen-bond acceptors (Lipinski definition) is 3. The standard InChI is InChI=1S/C12H15FO4/c1-7(13)9-6-11(17-3)10(16-2)4-8(9)5-12(14)15/h4,6-7H,5H2,1-3H3,(H,14,15). The first kappa shape index (κ1) is 13.3. The maximum Gasteiger partial charge on any atom is 0.307 e. The lowest BCUT2D eigenvalue weighted by molar-refractivity contribution is -0.136. The van der Waals surface area contributed by atoms with Crippen molar-refractivity contribution in [1.82, 2.24) is 0 Å². The van der Waals surface area contributed by atoms with Crippen molar-refractivity contribution < 1.29 is 23.8 Å². The molecule has 1 aromatic carbocycles. The molecule has 1 aromatic rings. The monoisotopic (exact) mass is 242 g/mol. The van der Waals surface area contributed by atoms with Crippen molar-refractivity contribution in [1.29, 1.82) is 0 Å². The normalized spacial score (nSPS) is 12.0. The van der Waals surface area contributed by atoms with E-state index in [2.05, 4.69) is 0 Å². The summed E-state index contributed by atoms with van der Waals surface area (Å²) in [4.78, 5) is 10.7. The highest BCUT2D eigenvalue weighted by molar-refractivity contribution is 5.71. The fourth-order valence-corrected chi connectivity index (χ4v) is 1.62. The first-order valence-corrected chi connectivity index (χ1v) is 5.10. The van der Waals surface area contributed by atoms with Crippen LogP contribution in [0.2, 0.25) is 0 Å². The second-order valence-electron chi connectivity index (χ2n) is 3.59. The fourth-order valence-electron chi connectivity index (χ4n) is 1.62. The highest BCUT2D eigenvalue weighted by atomic mass is 19.1. The molecule has 1 rings (SSSR count). The molecular weight excluding hydrogens is 227 g/mol. The van der Waals surface area contributed by atoms with E-state index in [4.69, 9.17) is 14.6 Å². The van der Waals surface area contributed by atoms with Crippen LogP contribution in [-0.4, -0.2) is 25.3 Å². The first-order valence-electron chi connectivity index (χ1n) is 5.10. The summed E-state index contributed by atoms with van der Waals surface area (Å²) in [5, 5.41) is 8.77. The van der Waals surface area contributed by atoms with Gasteiger partial charge in [0.25, 0.3) is 0 Å². The third-order valence-corrected chi connectivity index (χ3v) is 2.42. The fraction of sp³-hybridized carbons (Fsp3) is 0.417. The highest BCUT2D eigenvalue weighted by Gasteiger charge is 2.17. The van der Waals surface area contributed by atoms with Crippen LogP contribution in [0.4, 0.5) is 4.39 Å². The van der Waals surface area contributed by atoms with E-state index in [9.17, 15) is 9.18 Å². The minimum absolute atomic E-state index is 0.246. The zero-order valence-electron chi connectivity index (χ0n) is 9.99. The zero-order valence-corrected chi connectivity index (χ0v) is 9.99. The van der Waals surface area contributed by atoms with E-state index < -0.39 is 12.1 Å². The number of methoxy groups -OCH3 is 2. The van der Waals surface area contributed by atoms with Gasteiger partial charge in [0.15, 0.2) is 11.5 Å². The number of carboxylic acid groups (broad SMARTS) is 1. The Morgan fingerprint density at radius 2 is 1.88 bits per heavy atom. The minimum atomic E-state index is -1.26. The summed E-state index contributed by atoms with van der Waals surface area (Å²) >= 11 is 0. The van der Waals surface area contributed by atoms with E-state index in [1.165, 1.54) is 33.3 Å². The molecule has 94 valence electrons.